The van der Waals surface area contributed by atoms with Gasteiger partial charge < -0.3 is 15.1 Å². The Hall–Kier alpha value is -2.53. The molecule has 1 aromatic heterocycles. The molecule has 2 unspecified atom stereocenters. The van der Waals surface area contributed by atoms with Gasteiger partial charge in [0.25, 0.3) is 0 Å². The van der Waals surface area contributed by atoms with Crippen molar-refractivity contribution >= 4 is 0 Å². The van der Waals surface area contributed by atoms with Gasteiger partial charge in [-0.25, -0.2) is 0 Å². The molecule has 0 saturated carbocycles. The Balaban J connectivity index is 1.66. The van der Waals surface area contributed by atoms with Crippen molar-refractivity contribution in [3.8, 4) is 0 Å². The van der Waals surface area contributed by atoms with Crippen molar-refractivity contribution < 1.29 is 10.2 Å². The van der Waals surface area contributed by atoms with Gasteiger partial charge in [-0.3, -0.25) is 4.98 Å². The van der Waals surface area contributed by atoms with Crippen LogP contribution >= 0.6 is 0 Å². The maximum Gasteiger partial charge on any atom is 0.124 e. The highest BCUT2D eigenvalue weighted by molar-refractivity contribution is 5.42. The molecule has 0 spiro atoms. The van der Waals surface area contributed by atoms with E-state index < -0.39 is 11.2 Å². The van der Waals surface area contributed by atoms with Gasteiger partial charge in [0, 0.05) is 36.5 Å². The summed E-state index contributed by atoms with van der Waals surface area (Å²) in [5.41, 5.74) is 2.50. The zero-order valence-electron chi connectivity index (χ0n) is 21.1. The first-order valence-electron chi connectivity index (χ1n) is 12.3. The number of aryl methyl sites for hydroxylation is 1. The maximum absolute atomic E-state index is 12.4. The number of aliphatic hydroxyl groups is 2. The molecule has 1 aliphatic heterocycles. The van der Waals surface area contributed by atoms with E-state index in [1.807, 2.05) is 43.5 Å². The number of benzene rings is 2. The predicted molar refractivity (Wildman–Crippen MR) is 138 cm³/mol. The second kappa shape index (κ2) is 9.26. The number of rotatable bonds is 8. The fourth-order valence-electron chi connectivity index (χ4n) is 5.50. The first-order valence-corrected chi connectivity index (χ1v) is 12.3. The van der Waals surface area contributed by atoms with Gasteiger partial charge in [-0.1, -0.05) is 75.4 Å². The quantitative estimate of drug-likeness (QED) is 0.485. The SMILES string of the molecule is CC(C)c1ccc(C(O)(c2cncc(CCC(C)(O)c3ccccc3)c2)C2(C)CN(C)C2)cc1. The van der Waals surface area contributed by atoms with Crippen LogP contribution in [0.3, 0.4) is 0 Å². The Morgan fingerprint density at radius 1 is 0.941 bits per heavy atom. The smallest absolute Gasteiger partial charge is 0.124 e. The summed E-state index contributed by atoms with van der Waals surface area (Å²) in [6.07, 6.45) is 4.90. The number of nitrogens with zero attached hydrogens (tertiary/aromatic N) is 2. The highest BCUT2D eigenvalue weighted by atomic mass is 16.3. The van der Waals surface area contributed by atoms with Gasteiger partial charge in [-0.2, -0.15) is 0 Å². The van der Waals surface area contributed by atoms with E-state index in [2.05, 4.69) is 68.0 Å². The third kappa shape index (κ3) is 4.55. The average Bonchev–Trinajstić information content (AvgIpc) is 2.82. The van der Waals surface area contributed by atoms with Crippen molar-refractivity contribution in [3.05, 3.63) is 101 Å². The summed E-state index contributed by atoms with van der Waals surface area (Å²) in [4.78, 5) is 6.77. The molecule has 34 heavy (non-hydrogen) atoms. The van der Waals surface area contributed by atoms with Gasteiger partial charge in [0.15, 0.2) is 0 Å². The minimum Gasteiger partial charge on any atom is -0.385 e. The third-order valence-corrected chi connectivity index (χ3v) is 7.62. The molecular weight excluding hydrogens is 420 g/mol. The number of hydrogen-bond acceptors (Lipinski definition) is 4. The molecule has 0 bridgehead atoms. The number of aromatic nitrogens is 1. The lowest BCUT2D eigenvalue weighted by atomic mass is 9.62. The van der Waals surface area contributed by atoms with Gasteiger partial charge in [-0.15, -0.1) is 0 Å². The second-order valence-electron chi connectivity index (χ2n) is 10.9. The lowest BCUT2D eigenvalue weighted by Gasteiger charge is -2.56. The van der Waals surface area contributed by atoms with Crippen molar-refractivity contribution in [2.45, 2.75) is 57.7 Å². The number of hydrogen-bond donors (Lipinski definition) is 2. The summed E-state index contributed by atoms with van der Waals surface area (Å²) in [7, 11) is 2.09. The standard InChI is InChI=1S/C30H38N2O2/c1-22(2)24-11-13-26(14-12-24)30(34,28(3)20-32(5)21-28)27-17-23(18-31-19-27)15-16-29(4,33)25-9-7-6-8-10-25/h6-14,17-19,22,33-34H,15-16,20-21H2,1-5H3. The van der Waals surface area contributed by atoms with Crippen LogP contribution in [-0.4, -0.2) is 40.2 Å². The Labute approximate surface area is 204 Å². The first-order chi connectivity index (χ1) is 16.0. The Bertz CT molecular complexity index is 1100. The van der Waals surface area contributed by atoms with Gasteiger partial charge in [0.2, 0.25) is 0 Å². The van der Waals surface area contributed by atoms with Gasteiger partial charge in [0.1, 0.15) is 5.60 Å². The highest BCUT2D eigenvalue weighted by Gasteiger charge is 2.55. The fourth-order valence-corrected chi connectivity index (χ4v) is 5.50. The minimum atomic E-state index is -1.15. The van der Waals surface area contributed by atoms with E-state index in [1.54, 1.807) is 6.20 Å². The summed E-state index contributed by atoms with van der Waals surface area (Å²) in [5, 5.41) is 23.5. The van der Waals surface area contributed by atoms with Crippen molar-refractivity contribution in [1.82, 2.24) is 9.88 Å². The van der Waals surface area contributed by atoms with Crippen molar-refractivity contribution in [2.24, 2.45) is 5.41 Å². The van der Waals surface area contributed by atoms with Crippen LogP contribution in [0, 0.1) is 5.41 Å². The number of likely N-dealkylation sites (tertiary alicyclic amines) is 1. The van der Waals surface area contributed by atoms with E-state index in [9.17, 15) is 10.2 Å². The minimum absolute atomic E-state index is 0.322. The maximum atomic E-state index is 12.4. The summed E-state index contributed by atoms with van der Waals surface area (Å²) in [6.45, 7) is 10.0. The molecule has 4 heteroatoms. The fraction of sp³-hybridized carbons (Fsp3) is 0.433. The summed E-state index contributed by atoms with van der Waals surface area (Å²) >= 11 is 0. The van der Waals surface area contributed by atoms with E-state index >= 15 is 0 Å². The Morgan fingerprint density at radius 2 is 1.59 bits per heavy atom. The molecule has 0 aliphatic carbocycles. The van der Waals surface area contributed by atoms with Crippen LogP contribution in [-0.2, 0) is 17.6 Å². The summed E-state index contributed by atoms with van der Waals surface area (Å²) < 4.78 is 0. The molecule has 0 radical (unpaired) electrons. The van der Waals surface area contributed by atoms with E-state index in [4.69, 9.17) is 0 Å². The van der Waals surface area contributed by atoms with E-state index in [-0.39, 0.29) is 5.41 Å². The lowest BCUT2D eigenvalue weighted by Crippen LogP contribution is -2.63. The molecule has 2 aromatic carbocycles. The molecule has 1 saturated heterocycles. The molecule has 180 valence electrons. The van der Waals surface area contributed by atoms with Crippen LogP contribution in [0.2, 0.25) is 0 Å². The van der Waals surface area contributed by atoms with Crippen molar-refractivity contribution in [3.63, 3.8) is 0 Å². The van der Waals surface area contributed by atoms with Gasteiger partial charge in [-0.05, 0) is 61.1 Å². The number of pyridine rings is 1. The zero-order valence-corrected chi connectivity index (χ0v) is 21.1. The molecule has 2 heterocycles. The van der Waals surface area contributed by atoms with Crippen molar-refractivity contribution in [1.29, 1.82) is 0 Å². The van der Waals surface area contributed by atoms with E-state index in [0.29, 0.717) is 18.8 Å². The molecule has 1 fully saturated rings. The second-order valence-corrected chi connectivity index (χ2v) is 10.9. The van der Waals surface area contributed by atoms with E-state index in [0.717, 1.165) is 35.3 Å². The monoisotopic (exact) mass is 458 g/mol. The third-order valence-electron chi connectivity index (χ3n) is 7.62. The van der Waals surface area contributed by atoms with E-state index in [1.165, 1.54) is 5.56 Å². The van der Waals surface area contributed by atoms with Crippen LogP contribution in [0.1, 0.15) is 67.9 Å². The molecular formula is C30H38N2O2. The van der Waals surface area contributed by atoms with Crippen LogP contribution in [0.15, 0.2) is 73.1 Å². The first kappa shape index (κ1) is 24.6. The predicted octanol–water partition coefficient (Wildman–Crippen LogP) is 5.23. The molecule has 1 aliphatic rings. The normalized spacial score (nSPS) is 19.3. The van der Waals surface area contributed by atoms with Crippen LogP contribution in [0.25, 0.3) is 0 Å². The topological polar surface area (TPSA) is 56.6 Å². The Kier molecular flexibility index (Phi) is 6.69. The van der Waals surface area contributed by atoms with Crippen LogP contribution in [0.4, 0.5) is 0 Å². The summed E-state index contributed by atoms with van der Waals surface area (Å²) in [6, 6.07) is 20.3. The van der Waals surface area contributed by atoms with Gasteiger partial charge >= 0.3 is 0 Å². The average molecular weight is 459 g/mol. The van der Waals surface area contributed by atoms with Crippen molar-refractivity contribution in [2.75, 3.05) is 20.1 Å². The molecule has 0 amide bonds. The Morgan fingerprint density at radius 3 is 2.18 bits per heavy atom. The molecule has 3 aromatic rings. The molecule has 4 nitrogen and oxygen atoms in total. The molecule has 4 rings (SSSR count). The molecule has 2 N–H and O–H groups in total. The van der Waals surface area contributed by atoms with Gasteiger partial charge in [0.05, 0.1) is 5.60 Å². The molecule has 2 atom stereocenters. The van der Waals surface area contributed by atoms with Crippen LogP contribution in [0.5, 0.6) is 0 Å². The van der Waals surface area contributed by atoms with Crippen LogP contribution < -0.4 is 0 Å². The largest absolute Gasteiger partial charge is 0.385 e. The highest BCUT2D eigenvalue weighted by Crippen LogP contribution is 2.50. The lowest BCUT2D eigenvalue weighted by molar-refractivity contribution is -0.127. The summed E-state index contributed by atoms with van der Waals surface area (Å²) in [5.74, 6) is 0.440. The zero-order chi connectivity index (χ0) is 24.6.